The second kappa shape index (κ2) is 8.77. The van der Waals surface area contributed by atoms with Gasteiger partial charge in [0.05, 0.1) is 26.5 Å². The van der Waals surface area contributed by atoms with Crippen molar-refractivity contribution in [2.75, 3.05) is 19.1 Å². The van der Waals surface area contributed by atoms with Crippen LogP contribution in [0.3, 0.4) is 0 Å². The fourth-order valence-corrected chi connectivity index (χ4v) is 3.25. The number of imide groups is 2. The minimum Gasteiger partial charge on any atom is -0.497 e. The van der Waals surface area contributed by atoms with Crippen LogP contribution in [-0.4, -0.2) is 37.8 Å². The Labute approximate surface area is 174 Å². The number of carbonyl (C=O) groups excluding carboxylic acids is 3. The van der Waals surface area contributed by atoms with Crippen molar-refractivity contribution in [3.63, 3.8) is 0 Å². The fraction of sp³-hybridized carbons (Fsp3) is 0.273. The first-order valence-electron chi connectivity index (χ1n) is 9.33. The summed E-state index contributed by atoms with van der Waals surface area (Å²) < 4.78 is 10.5. The molecule has 2 aromatic rings. The van der Waals surface area contributed by atoms with Gasteiger partial charge < -0.3 is 9.47 Å². The van der Waals surface area contributed by atoms with Gasteiger partial charge in [0.25, 0.3) is 5.91 Å². The summed E-state index contributed by atoms with van der Waals surface area (Å²) >= 11 is 0. The topological polar surface area (TPSA) is 97.3 Å². The van der Waals surface area contributed by atoms with E-state index in [-0.39, 0.29) is 6.54 Å². The molecule has 1 atom stereocenters. The van der Waals surface area contributed by atoms with Gasteiger partial charge in [0, 0.05) is 11.8 Å². The predicted molar refractivity (Wildman–Crippen MR) is 112 cm³/mol. The minimum atomic E-state index is -1.19. The van der Waals surface area contributed by atoms with Crippen LogP contribution in [-0.2, 0) is 16.1 Å². The van der Waals surface area contributed by atoms with Gasteiger partial charge in [-0.15, -0.1) is 0 Å². The van der Waals surface area contributed by atoms with Gasteiger partial charge in [0.2, 0.25) is 5.91 Å². The average Bonchev–Trinajstić information content (AvgIpc) is 2.73. The van der Waals surface area contributed by atoms with E-state index in [4.69, 9.17) is 9.47 Å². The molecule has 0 aliphatic carbocycles. The number of para-hydroxylation sites is 1. The highest BCUT2D eigenvalue weighted by Crippen LogP contribution is 2.26. The number of nitrogens with one attached hydrogen (secondary N) is 1. The van der Waals surface area contributed by atoms with Crippen LogP contribution in [0.15, 0.2) is 47.5 Å². The maximum Gasteiger partial charge on any atom is 0.335 e. The van der Waals surface area contributed by atoms with Crippen LogP contribution >= 0.6 is 0 Å². The molecule has 30 heavy (non-hydrogen) atoms. The largest absolute Gasteiger partial charge is 0.497 e. The molecule has 8 heteroatoms. The molecule has 156 valence electrons. The maximum atomic E-state index is 13.1. The standard InChI is InChI=1S/C22H23N3O5/c1-13-7-5-6-8-18(13)25-21(27)19(20(26)24-22(25)28)14(2)23-12-15-9-16(29-3)11-17(10-15)30-4/h5-11,19H,12H2,1-4H3,(H,24,26,28)/t19-/m0/s1. The summed E-state index contributed by atoms with van der Waals surface area (Å²) in [5.41, 5.74) is 2.28. The number of hydrogen-bond acceptors (Lipinski definition) is 6. The molecular weight excluding hydrogens is 386 g/mol. The molecule has 1 N–H and O–H groups in total. The van der Waals surface area contributed by atoms with Gasteiger partial charge >= 0.3 is 6.03 Å². The van der Waals surface area contributed by atoms with Crippen molar-refractivity contribution in [2.24, 2.45) is 10.9 Å². The molecule has 0 unspecified atom stereocenters. The Kier molecular flexibility index (Phi) is 6.15. The number of anilines is 1. The molecular formula is C22H23N3O5. The van der Waals surface area contributed by atoms with E-state index in [1.165, 1.54) is 0 Å². The van der Waals surface area contributed by atoms with Crippen LogP contribution < -0.4 is 19.7 Å². The van der Waals surface area contributed by atoms with Crippen LogP contribution in [0.1, 0.15) is 18.1 Å². The third kappa shape index (κ3) is 4.17. The molecule has 2 aromatic carbocycles. The van der Waals surface area contributed by atoms with Gasteiger partial charge in [-0.25, -0.2) is 9.69 Å². The normalized spacial score (nSPS) is 17.1. The van der Waals surface area contributed by atoms with Gasteiger partial charge in [-0.1, -0.05) is 18.2 Å². The summed E-state index contributed by atoms with van der Waals surface area (Å²) in [6, 6.07) is 11.6. The third-order valence-electron chi connectivity index (χ3n) is 4.86. The number of aryl methyl sites for hydroxylation is 1. The highest BCUT2D eigenvalue weighted by molar-refractivity contribution is 6.35. The van der Waals surface area contributed by atoms with Gasteiger partial charge in [0.15, 0.2) is 5.92 Å². The number of amides is 4. The van der Waals surface area contributed by atoms with Crippen molar-refractivity contribution in [3.8, 4) is 11.5 Å². The summed E-state index contributed by atoms with van der Waals surface area (Å²) in [5, 5.41) is 2.26. The Morgan fingerprint density at radius 2 is 1.70 bits per heavy atom. The van der Waals surface area contributed by atoms with Crippen molar-refractivity contribution in [1.29, 1.82) is 0 Å². The summed E-state index contributed by atoms with van der Waals surface area (Å²) in [7, 11) is 3.10. The van der Waals surface area contributed by atoms with E-state index in [1.54, 1.807) is 64.5 Å². The molecule has 0 bridgehead atoms. The molecule has 0 radical (unpaired) electrons. The van der Waals surface area contributed by atoms with E-state index in [1.807, 2.05) is 6.07 Å². The summed E-state index contributed by atoms with van der Waals surface area (Å²) in [4.78, 5) is 43.3. The van der Waals surface area contributed by atoms with Crippen molar-refractivity contribution in [2.45, 2.75) is 20.4 Å². The molecule has 1 aliphatic rings. The SMILES string of the molecule is COc1cc(CN=C(C)[C@H]2C(=O)NC(=O)N(c3ccccc3C)C2=O)cc(OC)c1. The zero-order chi connectivity index (χ0) is 21.8. The van der Waals surface area contributed by atoms with Crippen LogP contribution in [0.25, 0.3) is 0 Å². The molecule has 0 spiro atoms. The number of aliphatic imine (C=N–C) groups is 1. The quantitative estimate of drug-likeness (QED) is 0.584. The first-order chi connectivity index (χ1) is 14.3. The molecule has 1 heterocycles. The number of urea groups is 1. The van der Waals surface area contributed by atoms with Crippen LogP contribution in [0, 0.1) is 12.8 Å². The van der Waals surface area contributed by atoms with E-state index in [0.717, 1.165) is 16.0 Å². The van der Waals surface area contributed by atoms with Gasteiger partial charge in [-0.3, -0.25) is 19.9 Å². The second-order valence-corrected chi connectivity index (χ2v) is 6.87. The first-order valence-corrected chi connectivity index (χ1v) is 9.33. The smallest absolute Gasteiger partial charge is 0.335 e. The van der Waals surface area contributed by atoms with E-state index < -0.39 is 23.8 Å². The zero-order valence-electron chi connectivity index (χ0n) is 17.3. The van der Waals surface area contributed by atoms with Gasteiger partial charge in [-0.2, -0.15) is 0 Å². The zero-order valence-corrected chi connectivity index (χ0v) is 17.3. The van der Waals surface area contributed by atoms with E-state index in [2.05, 4.69) is 10.3 Å². The van der Waals surface area contributed by atoms with Crippen molar-refractivity contribution >= 4 is 29.2 Å². The Bertz CT molecular complexity index is 1010. The number of carbonyl (C=O) groups is 3. The lowest BCUT2D eigenvalue weighted by Crippen LogP contribution is -2.60. The number of hydrogen-bond donors (Lipinski definition) is 1. The minimum absolute atomic E-state index is 0.217. The number of methoxy groups -OCH3 is 2. The molecule has 1 aliphatic heterocycles. The van der Waals surface area contributed by atoms with Gasteiger partial charge in [-0.05, 0) is 43.2 Å². The van der Waals surface area contributed by atoms with Crippen molar-refractivity contribution in [1.82, 2.24) is 5.32 Å². The molecule has 0 saturated carbocycles. The van der Waals surface area contributed by atoms with Crippen LogP contribution in [0.4, 0.5) is 10.5 Å². The molecule has 3 rings (SSSR count). The highest BCUT2D eigenvalue weighted by atomic mass is 16.5. The van der Waals surface area contributed by atoms with Crippen molar-refractivity contribution < 1.29 is 23.9 Å². The average molecular weight is 409 g/mol. The predicted octanol–water partition coefficient (Wildman–Crippen LogP) is 2.87. The highest BCUT2D eigenvalue weighted by Gasteiger charge is 2.43. The Morgan fingerprint density at radius 1 is 1.07 bits per heavy atom. The monoisotopic (exact) mass is 409 g/mol. The Morgan fingerprint density at radius 3 is 2.30 bits per heavy atom. The molecule has 4 amide bonds. The number of nitrogens with zero attached hydrogens (tertiary/aromatic N) is 2. The van der Waals surface area contributed by atoms with Crippen molar-refractivity contribution in [3.05, 3.63) is 53.6 Å². The Balaban J connectivity index is 1.88. The first kappa shape index (κ1) is 21.0. The molecule has 1 saturated heterocycles. The summed E-state index contributed by atoms with van der Waals surface area (Å²) in [6.45, 7) is 3.61. The van der Waals surface area contributed by atoms with E-state index >= 15 is 0 Å². The Hall–Kier alpha value is -3.68. The van der Waals surface area contributed by atoms with Gasteiger partial charge in [0.1, 0.15) is 11.5 Å². The van der Waals surface area contributed by atoms with E-state index in [9.17, 15) is 14.4 Å². The molecule has 8 nitrogen and oxygen atoms in total. The lowest BCUT2D eigenvalue weighted by atomic mass is 9.98. The molecule has 1 fully saturated rings. The number of rotatable bonds is 6. The second-order valence-electron chi connectivity index (χ2n) is 6.87. The number of benzene rings is 2. The maximum absolute atomic E-state index is 13.1. The molecule has 0 aromatic heterocycles. The van der Waals surface area contributed by atoms with Crippen LogP contribution in [0.5, 0.6) is 11.5 Å². The van der Waals surface area contributed by atoms with Crippen LogP contribution in [0.2, 0.25) is 0 Å². The third-order valence-corrected chi connectivity index (χ3v) is 4.86. The lowest BCUT2D eigenvalue weighted by Gasteiger charge is -2.31. The number of barbiturate groups is 1. The number of ether oxygens (including phenoxy) is 2. The summed E-state index contributed by atoms with van der Waals surface area (Å²) in [5.74, 6) is -1.27. The van der Waals surface area contributed by atoms with E-state index in [0.29, 0.717) is 22.9 Å². The summed E-state index contributed by atoms with van der Waals surface area (Å²) in [6.07, 6.45) is 0. The fourth-order valence-electron chi connectivity index (χ4n) is 3.25. The lowest BCUT2D eigenvalue weighted by molar-refractivity contribution is -0.131.